The van der Waals surface area contributed by atoms with Gasteiger partial charge in [-0.05, 0) is 49.9 Å². The predicted molar refractivity (Wildman–Crippen MR) is 116 cm³/mol. The standard InChI is InChI=1S/C23H26N2O2S/c1-14(2)20-11-10-19(12-16(20)4)27-13-21(26)24-23-25-22(17(5)28-23)18-8-6-15(3)7-9-18/h6-12,14H,13H2,1-5H3,(H,24,25,26). The van der Waals surface area contributed by atoms with Gasteiger partial charge >= 0.3 is 0 Å². The topological polar surface area (TPSA) is 51.2 Å². The molecule has 0 bridgehead atoms. The van der Waals surface area contributed by atoms with Crippen LogP contribution in [0.1, 0.15) is 41.3 Å². The highest BCUT2D eigenvalue weighted by atomic mass is 32.1. The monoisotopic (exact) mass is 394 g/mol. The molecule has 4 nitrogen and oxygen atoms in total. The van der Waals surface area contributed by atoms with Crippen LogP contribution < -0.4 is 10.1 Å². The number of carbonyl (C=O) groups is 1. The number of amides is 1. The molecule has 0 radical (unpaired) electrons. The molecule has 1 heterocycles. The Kier molecular flexibility index (Phi) is 6.15. The molecule has 3 aromatic rings. The summed E-state index contributed by atoms with van der Waals surface area (Å²) in [6.07, 6.45) is 0. The number of anilines is 1. The Hall–Kier alpha value is -2.66. The van der Waals surface area contributed by atoms with Gasteiger partial charge in [0.25, 0.3) is 5.91 Å². The van der Waals surface area contributed by atoms with Crippen molar-refractivity contribution in [3.05, 3.63) is 64.0 Å². The van der Waals surface area contributed by atoms with Crippen molar-refractivity contribution >= 4 is 22.4 Å². The fraction of sp³-hybridized carbons (Fsp3) is 0.304. The lowest BCUT2D eigenvalue weighted by Crippen LogP contribution is -2.20. The molecular formula is C23H26N2O2S. The maximum absolute atomic E-state index is 12.3. The summed E-state index contributed by atoms with van der Waals surface area (Å²) < 4.78 is 5.66. The zero-order chi connectivity index (χ0) is 20.3. The number of nitrogens with one attached hydrogen (secondary N) is 1. The molecule has 1 N–H and O–H groups in total. The number of nitrogens with zero attached hydrogens (tertiary/aromatic N) is 1. The first-order chi connectivity index (χ1) is 13.3. The molecule has 146 valence electrons. The maximum atomic E-state index is 12.3. The highest BCUT2D eigenvalue weighted by Gasteiger charge is 2.13. The van der Waals surface area contributed by atoms with E-state index in [1.165, 1.54) is 28.0 Å². The van der Waals surface area contributed by atoms with E-state index in [2.05, 4.69) is 68.3 Å². The molecule has 1 aromatic heterocycles. The number of rotatable bonds is 6. The van der Waals surface area contributed by atoms with Gasteiger partial charge in [0.1, 0.15) is 5.75 Å². The quantitative estimate of drug-likeness (QED) is 0.568. The first-order valence-electron chi connectivity index (χ1n) is 9.41. The van der Waals surface area contributed by atoms with E-state index in [9.17, 15) is 4.79 Å². The van der Waals surface area contributed by atoms with Crippen LogP contribution in [0.2, 0.25) is 0 Å². The number of benzene rings is 2. The zero-order valence-electron chi connectivity index (χ0n) is 17.0. The summed E-state index contributed by atoms with van der Waals surface area (Å²) in [6, 6.07) is 14.2. The van der Waals surface area contributed by atoms with Gasteiger partial charge in [0.15, 0.2) is 11.7 Å². The number of aromatic nitrogens is 1. The van der Waals surface area contributed by atoms with Gasteiger partial charge < -0.3 is 4.74 Å². The molecule has 28 heavy (non-hydrogen) atoms. The van der Waals surface area contributed by atoms with Crippen LogP contribution in [0.4, 0.5) is 5.13 Å². The Morgan fingerprint density at radius 2 is 1.82 bits per heavy atom. The van der Waals surface area contributed by atoms with E-state index in [1.54, 1.807) is 0 Å². The van der Waals surface area contributed by atoms with Gasteiger partial charge in [-0.2, -0.15) is 0 Å². The minimum Gasteiger partial charge on any atom is -0.484 e. The second kappa shape index (κ2) is 8.57. The van der Waals surface area contributed by atoms with Crippen molar-refractivity contribution in [1.82, 2.24) is 4.98 Å². The van der Waals surface area contributed by atoms with E-state index in [4.69, 9.17) is 4.74 Å². The molecule has 0 saturated heterocycles. The number of hydrogen-bond donors (Lipinski definition) is 1. The molecule has 0 unspecified atom stereocenters. The molecule has 0 fully saturated rings. The minimum atomic E-state index is -0.213. The number of aryl methyl sites for hydroxylation is 3. The van der Waals surface area contributed by atoms with Crippen LogP contribution in [0.15, 0.2) is 42.5 Å². The third-order valence-corrected chi connectivity index (χ3v) is 5.49. The van der Waals surface area contributed by atoms with Crippen LogP contribution in [-0.2, 0) is 4.79 Å². The van der Waals surface area contributed by atoms with Crippen molar-refractivity contribution in [2.24, 2.45) is 0 Å². The lowest BCUT2D eigenvalue weighted by molar-refractivity contribution is -0.118. The Balaban J connectivity index is 1.62. The average molecular weight is 395 g/mol. The van der Waals surface area contributed by atoms with Gasteiger partial charge in [0, 0.05) is 10.4 Å². The van der Waals surface area contributed by atoms with Gasteiger partial charge in [-0.15, -0.1) is 11.3 Å². The minimum absolute atomic E-state index is 0.0427. The van der Waals surface area contributed by atoms with Crippen LogP contribution in [0.3, 0.4) is 0 Å². The molecule has 0 spiro atoms. The highest BCUT2D eigenvalue weighted by molar-refractivity contribution is 7.16. The van der Waals surface area contributed by atoms with Crippen molar-refractivity contribution < 1.29 is 9.53 Å². The Morgan fingerprint density at radius 1 is 1.11 bits per heavy atom. The third-order valence-electron chi connectivity index (χ3n) is 4.60. The SMILES string of the molecule is Cc1ccc(-c2nc(NC(=O)COc3ccc(C(C)C)c(C)c3)sc2C)cc1. The first kappa shape index (κ1) is 20.1. The molecule has 3 rings (SSSR count). The normalized spacial score (nSPS) is 10.9. The van der Waals surface area contributed by atoms with Crippen molar-refractivity contribution in [3.63, 3.8) is 0 Å². The Labute approximate surface area is 170 Å². The van der Waals surface area contributed by atoms with Crippen molar-refractivity contribution in [2.75, 3.05) is 11.9 Å². The van der Waals surface area contributed by atoms with Crippen molar-refractivity contribution in [2.45, 2.75) is 40.5 Å². The molecular weight excluding hydrogens is 368 g/mol. The smallest absolute Gasteiger partial charge is 0.264 e. The lowest BCUT2D eigenvalue weighted by atomic mass is 9.98. The number of ether oxygens (including phenoxy) is 1. The number of carbonyl (C=O) groups excluding carboxylic acids is 1. The highest BCUT2D eigenvalue weighted by Crippen LogP contribution is 2.30. The lowest BCUT2D eigenvalue weighted by Gasteiger charge is -2.12. The van der Waals surface area contributed by atoms with Gasteiger partial charge in [-0.25, -0.2) is 4.98 Å². The van der Waals surface area contributed by atoms with Crippen LogP contribution in [-0.4, -0.2) is 17.5 Å². The van der Waals surface area contributed by atoms with E-state index in [1.807, 2.05) is 19.1 Å². The van der Waals surface area contributed by atoms with Crippen LogP contribution in [0.5, 0.6) is 5.75 Å². The fourth-order valence-electron chi connectivity index (χ4n) is 3.12. The summed E-state index contributed by atoms with van der Waals surface area (Å²) in [7, 11) is 0. The molecule has 0 aliphatic carbocycles. The Morgan fingerprint density at radius 3 is 2.46 bits per heavy atom. The van der Waals surface area contributed by atoms with Crippen molar-refractivity contribution in [1.29, 1.82) is 0 Å². The maximum Gasteiger partial charge on any atom is 0.264 e. The van der Waals surface area contributed by atoms with E-state index in [-0.39, 0.29) is 12.5 Å². The second-order valence-electron chi connectivity index (χ2n) is 7.30. The molecule has 1 amide bonds. The van der Waals surface area contributed by atoms with Crippen molar-refractivity contribution in [3.8, 4) is 17.0 Å². The summed E-state index contributed by atoms with van der Waals surface area (Å²) in [6.45, 7) is 10.4. The fourth-order valence-corrected chi connectivity index (χ4v) is 3.97. The largest absolute Gasteiger partial charge is 0.484 e. The summed E-state index contributed by atoms with van der Waals surface area (Å²) in [5.74, 6) is 0.954. The van der Waals surface area contributed by atoms with E-state index < -0.39 is 0 Å². The zero-order valence-corrected chi connectivity index (χ0v) is 17.8. The summed E-state index contributed by atoms with van der Waals surface area (Å²) in [5.41, 5.74) is 5.63. The Bertz CT molecular complexity index is 975. The molecule has 2 aromatic carbocycles. The molecule has 0 aliphatic rings. The summed E-state index contributed by atoms with van der Waals surface area (Å²) in [4.78, 5) is 17.9. The van der Waals surface area contributed by atoms with E-state index in [0.717, 1.165) is 16.1 Å². The molecule has 5 heteroatoms. The van der Waals surface area contributed by atoms with E-state index in [0.29, 0.717) is 16.8 Å². The number of thiazole rings is 1. The summed E-state index contributed by atoms with van der Waals surface area (Å²) >= 11 is 1.47. The average Bonchev–Trinajstić information content (AvgIpc) is 3.00. The van der Waals surface area contributed by atoms with Gasteiger partial charge in [-0.1, -0.05) is 49.7 Å². The van der Waals surface area contributed by atoms with Crippen LogP contribution in [0, 0.1) is 20.8 Å². The second-order valence-corrected chi connectivity index (χ2v) is 8.50. The van der Waals surface area contributed by atoms with Gasteiger partial charge in [0.05, 0.1) is 5.69 Å². The summed E-state index contributed by atoms with van der Waals surface area (Å²) in [5, 5.41) is 3.43. The van der Waals surface area contributed by atoms with E-state index >= 15 is 0 Å². The molecule has 0 saturated carbocycles. The van der Waals surface area contributed by atoms with Crippen LogP contribution in [0.25, 0.3) is 11.3 Å². The van der Waals surface area contributed by atoms with Gasteiger partial charge in [-0.3, -0.25) is 10.1 Å². The first-order valence-corrected chi connectivity index (χ1v) is 10.2. The van der Waals surface area contributed by atoms with Crippen LogP contribution >= 0.6 is 11.3 Å². The molecule has 0 aliphatic heterocycles. The number of hydrogen-bond acceptors (Lipinski definition) is 4. The van der Waals surface area contributed by atoms with Gasteiger partial charge in [0.2, 0.25) is 0 Å². The molecule has 0 atom stereocenters. The third kappa shape index (κ3) is 4.78. The predicted octanol–water partition coefficient (Wildman–Crippen LogP) is 5.88.